The van der Waals surface area contributed by atoms with E-state index >= 15 is 0 Å². The van der Waals surface area contributed by atoms with Crippen LogP contribution in [-0.4, -0.2) is 25.6 Å². The fourth-order valence-corrected chi connectivity index (χ4v) is 3.97. The first-order valence-electron chi connectivity index (χ1n) is 8.62. The van der Waals surface area contributed by atoms with Gasteiger partial charge < -0.3 is 13.4 Å². The molecule has 0 aliphatic rings. The van der Waals surface area contributed by atoms with E-state index in [9.17, 15) is 0 Å². The number of thiophene rings is 1. The molecule has 0 radical (unpaired) electrons. The maximum absolute atomic E-state index is 5.84. The van der Waals surface area contributed by atoms with Gasteiger partial charge in [-0.25, -0.2) is 0 Å². The standard InChI is InChI=1S/C19H13N5O3S2/c1-11-15(16(24-27-11)12-6-3-2-4-7-12)18-22-20-14(25-18)10-29-19-23-21-17(26-19)13-8-5-9-28-13/h2-9H,10H2,1H3. The number of rotatable bonds is 6. The lowest BCUT2D eigenvalue weighted by Gasteiger charge is -1.98. The van der Waals surface area contributed by atoms with Crippen LogP contribution in [-0.2, 0) is 5.75 Å². The maximum Gasteiger partial charge on any atom is 0.277 e. The molecule has 0 saturated heterocycles. The molecule has 0 aliphatic carbocycles. The van der Waals surface area contributed by atoms with Crippen molar-refractivity contribution in [2.75, 3.05) is 0 Å². The van der Waals surface area contributed by atoms with Crippen molar-refractivity contribution >= 4 is 23.1 Å². The van der Waals surface area contributed by atoms with E-state index < -0.39 is 0 Å². The second-order valence-corrected chi connectivity index (χ2v) is 7.84. The molecule has 144 valence electrons. The Hall–Kier alpha value is -3.24. The predicted molar refractivity (Wildman–Crippen MR) is 107 cm³/mol. The van der Waals surface area contributed by atoms with Crippen molar-refractivity contribution in [3.8, 4) is 33.5 Å². The molecule has 29 heavy (non-hydrogen) atoms. The van der Waals surface area contributed by atoms with Crippen molar-refractivity contribution in [1.29, 1.82) is 0 Å². The zero-order chi connectivity index (χ0) is 19.6. The Bertz CT molecular complexity index is 1230. The van der Waals surface area contributed by atoms with E-state index in [1.807, 2.05) is 54.8 Å². The van der Waals surface area contributed by atoms with Crippen LogP contribution in [0.1, 0.15) is 11.7 Å². The molecule has 4 aromatic heterocycles. The molecule has 4 heterocycles. The van der Waals surface area contributed by atoms with Gasteiger partial charge in [0, 0.05) is 5.56 Å². The van der Waals surface area contributed by atoms with E-state index in [1.165, 1.54) is 11.8 Å². The minimum Gasteiger partial charge on any atom is -0.420 e. The summed E-state index contributed by atoms with van der Waals surface area (Å²) >= 11 is 2.88. The third-order valence-electron chi connectivity index (χ3n) is 4.05. The van der Waals surface area contributed by atoms with Gasteiger partial charge in [-0.15, -0.1) is 31.7 Å². The molecule has 0 unspecified atom stereocenters. The Labute approximate surface area is 173 Å². The van der Waals surface area contributed by atoms with Gasteiger partial charge in [0.15, 0.2) is 0 Å². The molecule has 0 fully saturated rings. The Morgan fingerprint density at radius 2 is 1.79 bits per heavy atom. The van der Waals surface area contributed by atoms with Gasteiger partial charge in [0.25, 0.3) is 17.0 Å². The molecule has 0 spiro atoms. The van der Waals surface area contributed by atoms with Gasteiger partial charge >= 0.3 is 0 Å². The Kier molecular flexibility index (Phi) is 4.70. The van der Waals surface area contributed by atoms with E-state index in [0.29, 0.717) is 45.7 Å². The summed E-state index contributed by atoms with van der Waals surface area (Å²) < 4.78 is 16.9. The van der Waals surface area contributed by atoms with Gasteiger partial charge in [-0.2, -0.15) is 0 Å². The number of thioether (sulfide) groups is 1. The maximum atomic E-state index is 5.84. The average Bonchev–Trinajstić information content (AvgIpc) is 3.53. The summed E-state index contributed by atoms with van der Waals surface area (Å²) in [7, 11) is 0. The Morgan fingerprint density at radius 1 is 0.931 bits per heavy atom. The molecule has 5 aromatic rings. The summed E-state index contributed by atoms with van der Waals surface area (Å²) in [6, 6.07) is 13.6. The van der Waals surface area contributed by atoms with Gasteiger partial charge in [-0.05, 0) is 18.4 Å². The van der Waals surface area contributed by atoms with Gasteiger partial charge in [0.05, 0.1) is 10.6 Å². The minimum absolute atomic E-state index is 0.364. The monoisotopic (exact) mass is 423 g/mol. The van der Waals surface area contributed by atoms with Crippen LogP contribution in [0.25, 0.3) is 33.5 Å². The zero-order valence-electron chi connectivity index (χ0n) is 15.1. The number of nitrogens with zero attached hydrogens (tertiary/aromatic N) is 5. The van der Waals surface area contributed by atoms with Crippen LogP contribution in [0.5, 0.6) is 0 Å². The molecule has 0 bridgehead atoms. The molecule has 0 atom stereocenters. The smallest absolute Gasteiger partial charge is 0.277 e. The van der Waals surface area contributed by atoms with Crippen molar-refractivity contribution in [3.05, 3.63) is 59.5 Å². The lowest BCUT2D eigenvalue weighted by atomic mass is 10.1. The van der Waals surface area contributed by atoms with Gasteiger partial charge in [-0.3, -0.25) is 0 Å². The lowest BCUT2D eigenvalue weighted by Crippen LogP contribution is -1.84. The highest BCUT2D eigenvalue weighted by molar-refractivity contribution is 7.98. The molecule has 1 aromatic carbocycles. The molecule has 0 saturated carbocycles. The van der Waals surface area contributed by atoms with Crippen LogP contribution in [0.3, 0.4) is 0 Å². The van der Waals surface area contributed by atoms with Gasteiger partial charge in [0.1, 0.15) is 17.0 Å². The first-order valence-corrected chi connectivity index (χ1v) is 10.5. The largest absolute Gasteiger partial charge is 0.420 e. The minimum atomic E-state index is 0.364. The average molecular weight is 423 g/mol. The molecule has 5 rings (SSSR count). The van der Waals surface area contributed by atoms with E-state index in [4.69, 9.17) is 13.4 Å². The molecular formula is C19H13N5O3S2. The van der Waals surface area contributed by atoms with Crippen molar-refractivity contribution in [2.24, 2.45) is 0 Å². The van der Waals surface area contributed by atoms with Crippen molar-refractivity contribution in [3.63, 3.8) is 0 Å². The van der Waals surface area contributed by atoms with Crippen LogP contribution in [0.15, 0.2) is 66.4 Å². The molecule has 10 heteroatoms. The second-order valence-electron chi connectivity index (χ2n) is 5.97. The highest BCUT2D eigenvalue weighted by Crippen LogP contribution is 2.34. The van der Waals surface area contributed by atoms with Crippen molar-refractivity contribution in [1.82, 2.24) is 25.6 Å². The van der Waals surface area contributed by atoms with Crippen LogP contribution in [0.2, 0.25) is 0 Å². The summed E-state index contributed by atoms with van der Waals surface area (Å²) in [5.41, 5.74) is 2.28. The van der Waals surface area contributed by atoms with Gasteiger partial charge in [0.2, 0.25) is 5.89 Å². The summed E-state index contributed by atoms with van der Waals surface area (Å²) in [4.78, 5) is 0.931. The van der Waals surface area contributed by atoms with Gasteiger partial charge in [-0.1, -0.05) is 53.3 Å². The number of aryl methyl sites for hydroxylation is 1. The van der Waals surface area contributed by atoms with Crippen molar-refractivity contribution < 1.29 is 13.4 Å². The van der Waals surface area contributed by atoms with Crippen LogP contribution >= 0.6 is 23.1 Å². The summed E-state index contributed by atoms with van der Waals surface area (Å²) in [6.45, 7) is 1.82. The first-order chi connectivity index (χ1) is 14.3. The van der Waals surface area contributed by atoms with E-state index in [1.54, 1.807) is 11.3 Å². The molecule has 8 nitrogen and oxygen atoms in total. The topological polar surface area (TPSA) is 104 Å². The molecular weight excluding hydrogens is 410 g/mol. The van der Waals surface area contributed by atoms with Crippen LogP contribution < -0.4 is 0 Å². The fourth-order valence-electron chi connectivity index (χ4n) is 2.72. The first kappa shape index (κ1) is 17.8. The van der Waals surface area contributed by atoms with Crippen molar-refractivity contribution in [2.45, 2.75) is 17.9 Å². The Morgan fingerprint density at radius 3 is 2.62 bits per heavy atom. The molecule has 0 N–H and O–H groups in total. The van der Waals surface area contributed by atoms with E-state index in [0.717, 1.165) is 10.4 Å². The van der Waals surface area contributed by atoms with Crippen LogP contribution in [0.4, 0.5) is 0 Å². The Balaban J connectivity index is 1.34. The van der Waals surface area contributed by atoms with Crippen LogP contribution in [0, 0.1) is 6.92 Å². The molecule has 0 amide bonds. The number of hydrogen-bond donors (Lipinski definition) is 0. The molecule has 0 aliphatic heterocycles. The normalized spacial score (nSPS) is 11.2. The summed E-state index contributed by atoms with van der Waals surface area (Å²) in [5.74, 6) is 2.33. The van der Waals surface area contributed by atoms with E-state index in [2.05, 4.69) is 25.6 Å². The second kappa shape index (κ2) is 7.64. The SMILES string of the molecule is Cc1onc(-c2ccccc2)c1-c1nnc(CSc2nnc(-c3cccs3)o2)o1. The number of aromatic nitrogens is 5. The predicted octanol–water partition coefficient (Wildman–Crippen LogP) is 5.10. The fraction of sp³-hybridized carbons (Fsp3) is 0.105. The zero-order valence-corrected chi connectivity index (χ0v) is 16.7. The highest BCUT2D eigenvalue weighted by atomic mass is 32.2. The quantitative estimate of drug-likeness (QED) is 0.345. The number of benzene rings is 1. The third kappa shape index (κ3) is 3.59. The third-order valence-corrected chi connectivity index (χ3v) is 5.71. The summed E-state index contributed by atoms with van der Waals surface area (Å²) in [5, 5.41) is 23.0. The number of hydrogen-bond acceptors (Lipinski definition) is 10. The highest BCUT2D eigenvalue weighted by Gasteiger charge is 2.22. The summed E-state index contributed by atoms with van der Waals surface area (Å²) in [6.07, 6.45) is 0. The van der Waals surface area contributed by atoms with E-state index in [-0.39, 0.29) is 0 Å². The lowest BCUT2D eigenvalue weighted by molar-refractivity contribution is 0.399.